The minimum Gasteiger partial charge on any atom is -0.497 e. The van der Waals surface area contributed by atoms with E-state index < -0.39 is 0 Å². The zero-order valence-electron chi connectivity index (χ0n) is 10.6. The molecule has 0 saturated carbocycles. The maximum atomic E-state index is 5.22. The molecule has 1 aromatic carbocycles. The van der Waals surface area contributed by atoms with Gasteiger partial charge in [-0.05, 0) is 43.5 Å². The van der Waals surface area contributed by atoms with Crippen LogP contribution >= 0.6 is 0 Å². The molecule has 0 fully saturated rings. The summed E-state index contributed by atoms with van der Waals surface area (Å²) >= 11 is 0. The molecule has 2 nitrogen and oxygen atoms in total. The van der Waals surface area contributed by atoms with Gasteiger partial charge in [-0.15, -0.1) is 0 Å². The average Bonchev–Trinajstić information content (AvgIpc) is 2.34. The number of aryl methyl sites for hydroxylation is 1. The number of rotatable bonds is 7. The predicted octanol–water partition coefficient (Wildman–Crippen LogP) is 3.02. The van der Waals surface area contributed by atoms with Gasteiger partial charge in [0, 0.05) is 6.04 Å². The molecule has 2 heteroatoms. The first-order valence-electron chi connectivity index (χ1n) is 6.16. The van der Waals surface area contributed by atoms with Crippen LogP contribution in [0.4, 0.5) is 0 Å². The monoisotopic (exact) mass is 221 g/mol. The Morgan fingerprint density at radius 2 is 2.12 bits per heavy atom. The SMILES string of the molecule is CCNC(CC)CCc1cccc(OC)c1. The average molecular weight is 221 g/mol. The van der Waals surface area contributed by atoms with Crippen molar-refractivity contribution in [3.05, 3.63) is 29.8 Å². The molecule has 0 aliphatic carbocycles. The molecule has 0 aliphatic rings. The Morgan fingerprint density at radius 1 is 1.31 bits per heavy atom. The molecule has 0 radical (unpaired) electrons. The highest BCUT2D eigenvalue weighted by molar-refractivity contribution is 5.28. The van der Waals surface area contributed by atoms with Crippen LogP contribution in [0.2, 0.25) is 0 Å². The summed E-state index contributed by atoms with van der Waals surface area (Å²) in [5, 5.41) is 3.50. The summed E-state index contributed by atoms with van der Waals surface area (Å²) in [4.78, 5) is 0. The van der Waals surface area contributed by atoms with Crippen molar-refractivity contribution in [1.82, 2.24) is 5.32 Å². The largest absolute Gasteiger partial charge is 0.497 e. The molecule has 0 spiro atoms. The fourth-order valence-corrected chi connectivity index (χ4v) is 1.91. The van der Waals surface area contributed by atoms with Gasteiger partial charge in [-0.1, -0.05) is 26.0 Å². The Morgan fingerprint density at radius 3 is 2.75 bits per heavy atom. The molecule has 0 aromatic heterocycles. The van der Waals surface area contributed by atoms with E-state index in [1.807, 2.05) is 6.07 Å². The molecule has 1 N–H and O–H groups in total. The zero-order chi connectivity index (χ0) is 11.8. The van der Waals surface area contributed by atoms with Gasteiger partial charge < -0.3 is 10.1 Å². The van der Waals surface area contributed by atoms with E-state index in [0.29, 0.717) is 6.04 Å². The molecule has 1 rings (SSSR count). The number of methoxy groups -OCH3 is 1. The highest BCUT2D eigenvalue weighted by Crippen LogP contribution is 2.15. The van der Waals surface area contributed by atoms with Crippen LogP contribution in [0.3, 0.4) is 0 Å². The third-order valence-corrected chi connectivity index (χ3v) is 2.90. The summed E-state index contributed by atoms with van der Waals surface area (Å²) in [6.07, 6.45) is 3.50. The summed E-state index contributed by atoms with van der Waals surface area (Å²) < 4.78 is 5.22. The standard InChI is InChI=1S/C14H23NO/c1-4-13(15-5-2)10-9-12-7-6-8-14(11-12)16-3/h6-8,11,13,15H,4-5,9-10H2,1-3H3. The fraction of sp³-hybridized carbons (Fsp3) is 0.571. The highest BCUT2D eigenvalue weighted by Gasteiger charge is 2.04. The van der Waals surface area contributed by atoms with Crippen LogP contribution in [0.25, 0.3) is 0 Å². The molecule has 0 bridgehead atoms. The number of benzene rings is 1. The maximum absolute atomic E-state index is 5.22. The molecule has 1 atom stereocenters. The summed E-state index contributed by atoms with van der Waals surface area (Å²) in [5.74, 6) is 0.953. The Labute approximate surface area is 99.0 Å². The van der Waals surface area contributed by atoms with Crippen molar-refractivity contribution in [2.75, 3.05) is 13.7 Å². The maximum Gasteiger partial charge on any atom is 0.119 e. The lowest BCUT2D eigenvalue weighted by Crippen LogP contribution is -2.28. The summed E-state index contributed by atoms with van der Waals surface area (Å²) in [6.45, 7) is 5.45. The van der Waals surface area contributed by atoms with E-state index in [1.54, 1.807) is 7.11 Å². The number of hydrogen-bond acceptors (Lipinski definition) is 2. The van der Waals surface area contributed by atoms with Gasteiger partial charge in [0.2, 0.25) is 0 Å². The van der Waals surface area contributed by atoms with Gasteiger partial charge >= 0.3 is 0 Å². The van der Waals surface area contributed by atoms with Gasteiger partial charge in [-0.3, -0.25) is 0 Å². The van der Waals surface area contributed by atoms with Gasteiger partial charge in [0.15, 0.2) is 0 Å². The van der Waals surface area contributed by atoms with Crippen LogP contribution in [-0.2, 0) is 6.42 Å². The van der Waals surface area contributed by atoms with Crippen molar-refractivity contribution >= 4 is 0 Å². The van der Waals surface area contributed by atoms with Gasteiger partial charge in [0.25, 0.3) is 0 Å². The Hall–Kier alpha value is -1.02. The van der Waals surface area contributed by atoms with Crippen molar-refractivity contribution in [3.8, 4) is 5.75 Å². The lowest BCUT2D eigenvalue weighted by molar-refractivity contribution is 0.413. The first kappa shape index (κ1) is 13.0. The van der Waals surface area contributed by atoms with Crippen molar-refractivity contribution in [1.29, 1.82) is 0 Å². The van der Waals surface area contributed by atoms with E-state index >= 15 is 0 Å². The molecule has 0 heterocycles. The van der Waals surface area contributed by atoms with Crippen LogP contribution in [0.1, 0.15) is 32.3 Å². The lowest BCUT2D eigenvalue weighted by atomic mass is 10.0. The summed E-state index contributed by atoms with van der Waals surface area (Å²) in [5.41, 5.74) is 1.36. The molecule has 16 heavy (non-hydrogen) atoms. The third kappa shape index (κ3) is 4.23. The van der Waals surface area contributed by atoms with Crippen LogP contribution in [0.15, 0.2) is 24.3 Å². The summed E-state index contributed by atoms with van der Waals surface area (Å²) in [7, 11) is 1.71. The van der Waals surface area contributed by atoms with Crippen molar-refractivity contribution < 1.29 is 4.74 Å². The molecular formula is C14H23NO. The zero-order valence-corrected chi connectivity index (χ0v) is 10.6. The van der Waals surface area contributed by atoms with Gasteiger partial charge in [0.05, 0.1) is 7.11 Å². The molecule has 1 unspecified atom stereocenters. The van der Waals surface area contributed by atoms with Gasteiger partial charge in [-0.25, -0.2) is 0 Å². The second-order valence-electron chi connectivity index (χ2n) is 4.05. The molecule has 1 aromatic rings. The first-order chi connectivity index (χ1) is 7.80. The van der Waals surface area contributed by atoms with Crippen LogP contribution in [-0.4, -0.2) is 19.7 Å². The van der Waals surface area contributed by atoms with Crippen LogP contribution in [0, 0.1) is 0 Å². The van der Waals surface area contributed by atoms with Crippen LogP contribution in [0.5, 0.6) is 5.75 Å². The highest BCUT2D eigenvalue weighted by atomic mass is 16.5. The Bertz CT molecular complexity index is 299. The van der Waals surface area contributed by atoms with E-state index in [4.69, 9.17) is 4.74 Å². The normalized spacial score (nSPS) is 12.4. The molecule has 90 valence electrons. The van der Waals surface area contributed by atoms with E-state index in [2.05, 4.69) is 37.4 Å². The van der Waals surface area contributed by atoms with Crippen molar-refractivity contribution in [3.63, 3.8) is 0 Å². The molecule has 0 saturated heterocycles. The second kappa shape index (κ2) is 7.29. The van der Waals surface area contributed by atoms with E-state index in [-0.39, 0.29) is 0 Å². The molecular weight excluding hydrogens is 198 g/mol. The summed E-state index contributed by atoms with van der Waals surface area (Å²) in [6, 6.07) is 8.98. The third-order valence-electron chi connectivity index (χ3n) is 2.90. The van der Waals surface area contributed by atoms with E-state index in [1.165, 1.54) is 18.4 Å². The number of ether oxygens (including phenoxy) is 1. The predicted molar refractivity (Wildman–Crippen MR) is 69.1 cm³/mol. The fourth-order valence-electron chi connectivity index (χ4n) is 1.91. The van der Waals surface area contributed by atoms with Crippen molar-refractivity contribution in [2.24, 2.45) is 0 Å². The first-order valence-corrected chi connectivity index (χ1v) is 6.16. The van der Waals surface area contributed by atoms with E-state index in [9.17, 15) is 0 Å². The van der Waals surface area contributed by atoms with Crippen LogP contribution < -0.4 is 10.1 Å². The Kier molecular flexibility index (Phi) is 5.94. The second-order valence-corrected chi connectivity index (χ2v) is 4.05. The topological polar surface area (TPSA) is 21.3 Å². The molecule has 0 amide bonds. The molecule has 0 aliphatic heterocycles. The van der Waals surface area contributed by atoms with Gasteiger partial charge in [-0.2, -0.15) is 0 Å². The minimum absolute atomic E-state index is 0.635. The van der Waals surface area contributed by atoms with E-state index in [0.717, 1.165) is 18.7 Å². The quantitative estimate of drug-likeness (QED) is 0.764. The smallest absolute Gasteiger partial charge is 0.119 e. The lowest BCUT2D eigenvalue weighted by Gasteiger charge is -2.15. The Balaban J connectivity index is 2.46. The van der Waals surface area contributed by atoms with Crippen molar-refractivity contribution in [2.45, 2.75) is 39.2 Å². The van der Waals surface area contributed by atoms with Gasteiger partial charge in [0.1, 0.15) is 5.75 Å². The minimum atomic E-state index is 0.635. The number of hydrogen-bond donors (Lipinski definition) is 1. The number of nitrogens with one attached hydrogen (secondary N) is 1.